The Labute approximate surface area is 369 Å². The van der Waals surface area contributed by atoms with Crippen LogP contribution in [0.2, 0.25) is 0 Å². The zero-order chi connectivity index (χ0) is 45.6. The van der Waals surface area contributed by atoms with Crippen LogP contribution in [0.25, 0.3) is 21.8 Å². The number of urea groups is 1. The number of hydrogen-bond acceptors (Lipinski definition) is 9. The molecule has 7 amide bonds. The number of para-hydroxylation sites is 2. The van der Waals surface area contributed by atoms with Crippen molar-refractivity contribution >= 4 is 57.4 Å². The molecule has 0 fully saturated rings. The summed E-state index contributed by atoms with van der Waals surface area (Å²) >= 11 is 0. The maximum atomic E-state index is 14.4. The number of nitrogens with two attached hydrogens (primary N) is 3. The summed E-state index contributed by atoms with van der Waals surface area (Å²) in [6.07, 6.45) is 7.78. The monoisotopic (exact) mass is 873 g/mol. The van der Waals surface area contributed by atoms with E-state index in [1.54, 1.807) is 42.9 Å². The summed E-state index contributed by atoms with van der Waals surface area (Å²) in [4.78, 5) is 95.4. The lowest BCUT2D eigenvalue weighted by Crippen LogP contribution is -2.60. The van der Waals surface area contributed by atoms with Crippen LogP contribution in [0.15, 0.2) is 104 Å². The van der Waals surface area contributed by atoms with Crippen LogP contribution in [0, 0.1) is 0 Å². The van der Waals surface area contributed by atoms with Crippen LogP contribution < -0.4 is 43.9 Å². The fourth-order valence-electron chi connectivity index (χ4n) is 7.32. The predicted molar refractivity (Wildman–Crippen MR) is 241 cm³/mol. The van der Waals surface area contributed by atoms with E-state index in [9.17, 15) is 28.8 Å². The van der Waals surface area contributed by atoms with Crippen LogP contribution in [0.3, 0.4) is 0 Å². The summed E-state index contributed by atoms with van der Waals surface area (Å²) < 4.78 is 0. The normalized spacial score (nSPS) is 13.5. The van der Waals surface area contributed by atoms with Gasteiger partial charge < -0.3 is 53.4 Å². The Morgan fingerprint density at radius 1 is 0.641 bits per heavy atom. The van der Waals surface area contributed by atoms with Crippen LogP contribution in [-0.4, -0.2) is 104 Å². The summed E-state index contributed by atoms with van der Waals surface area (Å²) in [6, 6.07) is 17.1. The van der Waals surface area contributed by atoms with Crippen molar-refractivity contribution in [2.24, 2.45) is 17.2 Å². The molecule has 3 aromatic heterocycles. The van der Waals surface area contributed by atoms with Gasteiger partial charge in [0.05, 0.1) is 12.4 Å². The van der Waals surface area contributed by atoms with Crippen molar-refractivity contribution in [1.82, 2.24) is 51.6 Å². The minimum Gasteiger partial charge on any atom is -0.361 e. The summed E-state index contributed by atoms with van der Waals surface area (Å²) in [5, 5.41) is 13.7. The Balaban J connectivity index is 1.22. The molecule has 6 aromatic rings. The lowest BCUT2D eigenvalue weighted by Gasteiger charge is -2.27. The number of fused-ring (bicyclic) bond motifs is 2. The second kappa shape index (κ2) is 22.0. The maximum absolute atomic E-state index is 14.4. The van der Waals surface area contributed by atoms with E-state index in [1.807, 2.05) is 54.6 Å². The van der Waals surface area contributed by atoms with Gasteiger partial charge in [-0.2, -0.15) is 0 Å². The maximum Gasteiger partial charge on any atom is 0.333 e. The number of benzene rings is 3. The number of imidazole rings is 1. The second-order valence-electron chi connectivity index (χ2n) is 15.6. The van der Waals surface area contributed by atoms with E-state index in [0.29, 0.717) is 36.2 Å². The number of carbonyl (C=O) groups excluding carboxylic acids is 6. The van der Waals surface area contributed by atoms with Gasteiger partial charge in [-0.3, -0.25) is 29.4 Å². The van der Waals surface area contributed by atoms with Crippen LogP contribution in [0.5, 0.6) is 0 Å². The number of H-pyrrole nitrogens is 3. The van der Waals surface area contributed by atoms with Gasteiger partial charge in [0.15, 0.2) is 0 Å². The van der Waals surface area contributed by atoms with Crippen molar-refractivity contribution in [3.05, 3.63) is 126 Å². The lowest BCUT2D eigenvalue weighted by atomic mass is 10.0. The molecule has 6 rings (SSSR count). The molecule has 0 unspecified atom stereocenters. The van der Waals surface area contributed by atoms with Crippen LogP contribution >= 0.6 is 0 Å². The highest BCUT2D eigenvalue weighted by Gasteiger charge is 2.32. The van der Waals surface area contributed by atoms with Crippen molar-refractivity contribution in [2.75, 3.05) is 13.1 Å². The highest BCUT2D eigenvalue weighted by Crippen LogP contribution is 2.21. The Kier molecular flexibility index (Phi) is 15.8. The van der Waals surface area contributed by atoms with E-state index in [-0.39, 0.29) is 32.2 Å². The molecule has 5 atom stereocenters. The molecule has 19 heteroatoms. The van der Waals surface area contributed by atoms with Gasteiger partial charge in [-0.05, 0) is 55.1 Å². The van der Waals surface area contributed by atoms with E-state index in [2.05, 4.69) is 46.6 Å². The van der Waals surface area contributed by atoms with Gasteiger partial charge in [0.25, 0.3) is 5.91 Å². The zero-order valence-electron chi connectivity index (χ0n) is 35.4. The van der Waals surface area contributed by atoms with Crippen molar-refractivity contribution in [1.29, 1.82) is 0 Å². The first-order valence-corrected chi connectivity index (χ1v) is 21.1. The van der Waals surface area contributed by atoms with Crippen LogP contribution in [-0.2, 0) is 49.7 Å². The van der Waals surface area contributed by atoms with Crippen molar-refractivity contribution in [3.63, 3.8) is 0 Å². The number of aromatic amines is 3. The molecule has 0 aliphatic rings. The largest absolute Gasteiger partial charge is 0.361 e. The standard InChI is InChI=1S/C45H55N13O6/c1-27(53-42(61)38(20-29-23-50-35-15-7-5-13-32(29)35)55-41(60)34(47)22-31-25-49-26-52-31)40(59)54-39(21-30-24-51-36-16-8-6-14-33(30)36)43(62)56-37(19-28-11-3-2-4-12-28)44(63)57-58(45(48)64)18-10-9-17-46/h2-8,11-16,23-27,34,37-39,50-51H,9-10,17-22,46-47H2,1H3,(H2,48,64)(H,49,52)(H,53,61)(H,54,59)(H,55,60)(H,56,62)(H,57,63)/t27-,34-,37+,38+,39-/m0/s1. The topological polar surface area (TPSA) is 304 Å². The van der Waals surface area contributed by atoms with Crippen molar-refractivity contribution < 1.29 is 28.8 Å². The molecule has 14 N–H and O–H groups in total. The number of primary amides is 1. The molecule has 0 spiro atoms. The number of nitrogens with zero attached hydrogens (tertiary/aromatic N) is 2. The third kappa shape index (κ3) is 12.3. The fourth-order valence-corrected chi connectivity index (χ4v) is 7.32. The second-order valence-corrected chi connectivity index (χ2v) is 15.6. The SMILES string of the molecule is C[C@H](NC(=O)[C@@H](Cc1c[nH]c2ccccc12)NC(=O)[C@@H](N)Cc1cnc[nH]1)C(=O)N[C@@H](Cc1c[nH]c2ccccc12)C(=O)N[C@H](Cc1ccccc1)C(=O)NN(CCCCN)C(N)=O. The third-order valence-corrected chi connectivity index (χ3v) is 10.8. The average Bonchev–Trinajstić information content (AvgIpc) is 4.06. The number of carbonyl (C=O) groups is 6. The molecule has 0 aliphatic heterocycles. The first-order valence-electron chi connectivity index (χ1n) is 21.1. The molecule has 0 bridgehead atoms. The molecule has 336 valence electrons. The van der Waals surface area contributed by atoms with Crippen LogP contribution in [0.1, 0.15) is 42.1 Å². The average molecular weight is 874 g/mol. The molecule has 0 saturated heterocycles. The third-order valence-electron chi connectivity index (χ3n) is 10.8. The van der Waals surface area contributed by atoms with E-state index in [0.717, 1.165) is 32.4 Å². The van der Waals surface area contributed by atoms with E-state index in [4.69, 9.17) is 17.2 Å². The van der Waals surface area contributed by atoms with Gasteiger partial charge in [-0.15, -0.1) is 0 Å². The fraction of sp³-hybridized carbons (Fsp3) is 0.311. The number of rotatable bonds is 21. The molecule has 0 radical (unpaired) electrons. The van der Waals surface area contributed by atoms with Gasteiger partial charge in [-0.25, -0.2) is 14.8 Å². The highest BCUT2D eigenvalue weighted by molar-refractivity contribution is 5.97. The molecule has 3 heterocycles. The Morgan fingerprint density at radius 2 is 1.19 bits per heavy atom. The highest BCUT2D eigenvalue weighted by atomic mass is 16.2. The molecule has 0 aliphatic carbocycles. The molecule has 64 heavy (non-hydrogen) atoms. The summed E-state index contributed by atoms with van der Waals surface area (Å²) in [5.74, 6) is -3.40. The Hall–Kier alpha value is -7.51. The lowest BCUT2D eigenvalue weighted by molar-refractivity contribution is -0.135. The molecular weight excluding hydrogens is 819 g/mol. The smallest absolute Gasteiger partial charge is 0.333 e. The van der Waals surface area contributed by atoms with Gasteiger partial charge in [0.1, 0.15) is 24.2 Å². The number of hydrazine groups is 1. The summed E-state index contributed by atoms with van der Waals surface area (Å²) in [7, 11) is 0. The molecular formula is C45H55N13O6. The summed E-state index contributed by atoms with van der Waals surface area (Å²) in [6.45, 7) is 1.93. The number of unbranched alkanes of at least 4 members (excludes halogenated alkanes) is 1. The van der Waals surface area contributed by atoms with Crippen LogP contribution in [0.4, 0.5) is 4.79 Å². The summed E-state index contributed by atoms with van der Waals surface area (Å²) in [5.41, 5.74) is 24.4. The minimum atomic E-state index is -1.27. The van der Waals surface area contributed by atoms with Gasteiger partial charge in [0.2, 0.25) is 23.6 Å². The number of hydrogen-bond donors (Lipinski definition) is 11. The predicted octanol–water partition coefficient (Wildman–Crippen LogP) is 1.08. The van der Waals surface area contributed by atoms with Gasteiger partial charge in [-0.1, -0.05) is 66.7 Å². The first kappa shape index (κ1) is 46.0. The van der Waals surface area contributed by atoms with Crippen molar-refractivity contribution in [2.45, 2.75) is 75.7 Å². The van der Waals surface area contributed by atoms with Gasteiger partial charge in [0, 0.05) is 78.3 Å². The van der Waals surface area contributed by atoms with E-state index in [1.165, 1.54) is 13.3 Å². The number of nitrogens with one attached hydrogen (secondary N) is 8. The number of aromatic nitrogens is 4. The molecule has 0 saturated carbocycles. The van der Waals surface area contributed by atoms with E-state index < -0.39 is 65.8 Å². The van der Waals surface area contributed by atoms with Crippen molar-refractivity contribution in [3.8, 4) is 0 Å². The Morgan fingerprint density at radius 3 is 1.77 bits per heavy atom. The van der Waals surface area contributed by atoms with Gasteiger partial charge >= 0.3 is 6.03 Å². The molecule has 3 aromatic carbocycles. The quantitative estimate of drug-likeness (QED) is 0.0364. The minimum absolute atomic E-state index is 0.0120. The Bertz CT molecular complexity index is 2520. The zero-order valence-corrected chi connectivity index (χ0v) is 35.4. The first-order chi connectivity index (χ1) is 30.9. The number of amides is 7. The van der Waals surface area contributed by atoms with E-state index >= 15 is 0 Å². The molecule has 19 nitrogen and oxygen atoms in total.